The summed E-state index contributed by atoms with van der Waals surface area (Å²) >= 11 is 15.3. The zero-order chi connectivity index (χ0) is 22.2. The molecular weight excluding hydrogens is 507 g/mol. The summed E-state index contributed by atoms with van der Waals surface area (Å²) in [5, 5.41) is 6.16. The smallest absolute Gasteiger partial charge is 0.262 e. The fourth-order valence-electron chi connectivity index (χ4n) is 2.54. The molecular formula is C22H17BrCl2N2O4. The predicted octanol–water partition coefficient (Wildman–Crippen LogP) is 5.79. The van der Waals surface area contributed by atoms with Gasteiger partial charge in [0, 0.05) is 16.4 Å². The van der Waals surface area contributed by atoms with Gasteiger partial charge in [-0.05, 0) is 58.4 Å². The number of carbonyl (C=O) groups is 2. The molecule has 0 aliphatic carbocycles. The molecule has 0 saturated carbocycles. The maximum absolute atomic E-state index is 12.2. The van der Waals surface area contributed by atoms with Gasteiger partial charge < -0.3 is 20.1 Å². The Morgan fingerprint density at radius 3 is 2.03 bits per heavy atom. The molecule has 0 saturated heterocycles. The molecule has 9 heteroatoms. The molecule has 0 aliphatic rings. The molecule has 6 nitrogen and oxygen atoms in total. The second kappa shape index (κ2) is 11.0. The van der Waals surface area contributed by atoms with Crippen molar-refractivity contribution in [3.63, 3.8) is 0 Å². The van der Waals surface area contributed by atoms with Crippen molar-refractivity contribution in [1.82, 2.24) is 0 Å². The number of halogens is 3. The van der Waals surface area contributed by atoms with Crippen molar-refractivity contribution in [3.05, 3.63) is 81.2 Å². The largest absolute Gasteiger partial charge is 0.484 e. The van der Waals surface area contributed by atoms with Crippen LogP contribution in [0.25, 0.3) is 0 Å². The Morgan fingerprint density at radius 1 is 0.806 bits per heavy atom. The van der Waals surface area contributed by atoms with Crippen molar-refractivity contribution in [2.24, 2.45) is 0 Å². The van der Waals surface area contributed by atoms with Crippen LogP contribution in [0.5, 0.6) is 11.5 Å². The lowest BCUT2D eigenvalue weighted by Crippen LogP contribution is -2.21. The second-order valence-electron chi connectivity index (χ2n) is 6.27. The number of rotatable bonds is 8. The number of nitrogens with one attached hydrogen (secondary N) is 2. The maximum Gasteiger partial charge on any atom is 0.262 e. The summed E-state index contributed by atoms with van der Waals surface area (Å²) in [5.41, 5.74) is 1.01. The number of hydrogen-bond acceptors (Lipinski definition) is 4. The average molecular weight is 524 g/mol. The van der Waals surface area contributed by atoms with Crippen LogP contribution in [0.4, 0.5) is 11.4 Å². The van der Waals surface area contributed by atoms with Crippen molar-refractivity contribution in [3.8, 4) is 11.5 Å². The van der Waals surface area contributed by atoms with E-state index in [4.69, 9.17) is 32.7 Å². The van der Waals surface area contributed by atoms with Crippen LogP contribution in [0.1, 0.15) is 0 Å². The van der Waals surface area contributed by atoms with Gasteiger partial charge in [0.25, 0.3) is 11.8 Å². The number of carbonyl (C=O) groups excluding carboxylic acids is 2. The third-order valence-electron chi connectivity index (χ3n) is 3.85. The minimum atomic E-state index is -0.395. The summed E-state index contributed by atoms with van der Waals surface area (Å²) < 4.78 is 11.4. The Hall–Kier alpha value is -2.74. The van der Waals surface area contributed by atoms with Gasteiger partial charge in [0.15, 0.2) is 19.0 Å². The topological polar surface area (TPSA) is 76.7 Å². The lowest BCUT2D eigenvalue weighted by Gasteiger charge is -2.12. The van der Waals surface area contributed by atoms with Crippen LogP contribution in [0, 0.1) is 0 Å². The molecule has 0 heterocycles. The van der Waals surface area contributed by atoms with Gasteiger partial charge in [-0.15, -0.1) is 0 Å². The van der Waals surface area contributed by atoms with E-state index in [2.05, 4.69) is 26.6 Å². The van der Waals surface area contributed by atoms with Crippen LogP contribution in [0.3, 0.4) is 0 Å². The van der Waals surface area contributed by atoms with E-state index in [1.165, 1.54) is 6.07 Å². The zero-order valence-corrected chi connectivity index (χ0v) is 19.1. The molecule has 2 N–H and O–H groups in total. The fourth-order valence-corrected chi connectivity index (χ4v) is 3.91. The minimum absolute atomic E-state index is 0.134. The van der Waals surface area contributed by atoms with Crippen molar-refractivity contribution in [1.29, 1.82) is 0 Å². The Morgan fingerprint density at radius 2 is 1.42 bits per heavy atom. The van der Waals surface area contributed by atoms with E-state index in [0.717, 1.165) is 0 Å². The molecule has 3 aromatic carbocycles. The zero-order valence-electron chi connectivity index (χ0n) is 16.0. The highest BCUT2D eigenvalue weighted by molar-refractivity contribution is 9.10. The lowest BCUT2D eigenvalue weighted by atomic mass is 10.2. The van der Waals surface area contributed by atoms with E-state index < -0.39 is 5.91 Å². The van der Waals surface area contributed by atoms with Crippen LogP contribution in [-0.2, 0) is 9.59 Å². The van der Waals surface area contributed by atoms with E-state index >= 15 is 0 Å². The molecule has 0 aliphatic heterocycles. The third kappa shape index (κ3) is 7.17. The van der Waals surface area contributed by atoms with Gasteiger partial charge in [-0.3, -0.25) is 9.59 Å². The minimum Gasteiger partial charge on any atom is -0.484 e. The Labute approximate surface area is 197 Å². The molecule has 0 atom stereocenters. The molecule has 0 fully saturated rings. The highest BCUT2D eigenvalue weighted by Crippen LogP contribution is 2.36. The summed E-state index contributed by atoms with van der Waals surface area (Å²) in [7, 11) is 0. The quantitative estimate of drug-likeness (QED) is 0.391. The first kappa shape index (κ1) is 22.9. The summed E-state index contributed by atoms with van der Waals surface area (Å²) in [6, 6.07) is 18.9. The van der Waals surface area contributed by atoms with Gasteiger partial charge in [0.2, 0.25) is 0 Å². The molecule has 0 bridgehead atoms. The lowest BCUT2D eigenvalue weighted by molar-refractivity contribution is -0.118. The molecule has 2 amide bonds. The number of hydrogen-bond donors (Lipinski definition) is 2. The van der Waals surface area contributed by atoms with Crippen molar-refractivity contribution in [2.75, 3.05) is 23.8 Å². The van der Waals surface area contributed by atoms with Crippen LogP contribution >= 0.6 is 39.1 Å². The van der Waals surface area contributed by atoms with Gasteiger partial charge in [0.05, 0.1) is 9.50 Å². The summed E-state index contributed by atoms with van der Waals surface area (Å²) in [6.45, 7) is -0.396. The van der Waals surface area contributed by atoms with E-state index in [1.807, 2.05) is 18.2 Å². The van der Waals surface area contributed by atoms with Crippen LogP contribution in [0.15, 0.2) is 71.2 Å². The van der Waals surface area contributed by atoms with Crippen molar-refractivity contribution in [2.45, 2.75) is 0 Å². The average Bonchev–Trinajstić information content (AvgIpc) is 2.72. The van der Waals surface area contributed by atoms with E-state index in [0.29, 0.717) is 32.4 Å². The normalized spacial score (nSPS) is 10.3. The third-order valence-corrected chi connectivity index (χ3v) is 4.94. The van der Waals surface area contributed by atoms with Crippen LogP contribution < -0.4 is 20.1 Å². The monoisotopic (exact) mass is 522 g/mol. The Bertz CT molecular complexity index is 1060. The molecule has 3 aromatic rings. The van der Waals surface area contributed by atoms with Gasteiger partial charge in [-0.25, -0.2) is 0 Å². The molecule has 3 rings (SSSR count). The van der Waals surface area contributed by atoms with Crippen LogP contribution in [0.2, 0.25) is 10.0 Å². The number of ether oxygens (including phenoxy) is 2. The van der Waals surface area contributed by atoms with Gasteiger partial charge in [0.1, 0.15) is 5.75 Å². The van der Waals surface area contributed by atoms with E-state index in [1.54, 1.807) is 42.5 Å². The summed E-state index contributed by atoms with van der Waals surface area (Å²) in [5.74, 6) is 0.207. The Balaban J connectivity index is 1.51. The SMILES string of the molecule is O=C(COc1ccccc1)Nc1cccc(NC(=O)COc2c(Cl)cc(Cl)cc2Br)c1. The van der Waals surface area contributed by atoms with Gasteiger partial charge >= 0.3 is 0 Å². The molecule has 0 spiro atoms. The fraction of sp³-hybridized carbons (Fsp3) is 0.0909. The molecule has 0 aromatic heterocycles. The molecule has 160 valence electrons. The number of para-hydroxylation sites is 1. The number of anilines is 2. The highest BCUT2D eigenvalue weighted by atomic mass is 79.9. The number of amides is 2. The molecule has 0 radical (unpaired) electrons. The van der Waals surface area contributed by atoms with E-state index in [9.17, 15) is 9.59 Å². The van der Waals surface area contributed by atoms with Gasteiger partial charge in [-0.1, -0.05) is 47.5 Å². The first-order valence-corrected chi connectivity index (χ1v) is 10.6. The van der Waals surface area contributed by atoms with E-state index in [-0.39, 0.29) is 24.1 Å². The van der Waals surface area contributed by atoms with Crippen LogP contribution in [-0.4, -0.2) is 25.0 Å². The summed E-state index contributed by atoms with van der Waals surface area (Å²) in [4.78, 5) is 24.3. The first-order valence-electron chi connectivity index (χ1n) is 9.05. The molecule has 31 heavy (non-hydrogen) atoms. The molecule has 0 unspecified atom stereocenters. The number of benzene rings is 3. The Kier molecular flexibility index (Phi) is 8.17. The highest BCUT2D eigenvalue weighted by Gasteiger charge is 2.12. The van der Waals surface area contributed by atoms with Crippen molar-refractivity contribution >= 4 is 62.3 Å². The summed E-state index contributed by atoms with van der Waals surface area (Å²) in [6.07, 6.45) is 0. The maximum atomic E-state index is 12.2. The standard InChI is InChI=1S/C22H17BrCl2N2O4/c23-18-9-14(24)10-19(25)22(18)31-13-21(29)27-16-6-4-5-15(11-16)26-20(28)12-30-17-7-2-1-3-8-17/h1-11H,12-13H2,(H,26,28)(H,27,29). The van der Waals surface area contributed by atoms with Gasteiger partial charge in [-0.2, -0.15) is 0 Å². The van der Waals surface area contributed by atoms with Crippen molar-refractivity contribution < 1.29 is 19.1 Å². The first-order chi connectivity index (χ1) is 14.9. The second-order valence-corrected chi connectivity index (χ2v) is 7.96. The predicted molar refractivity (Wildman–Crippen MR) is 125 cm³/mol.